The Morgan fingerprint density at radius 3 is 2.67 bits per heavy atom. The van der Waals surface area contributed by atoms with Gasteiger partial charge in [-0.3, -0.25) is 9.59 Å². The van der Waals surface area contributed by atoms with Gasteiger partial charge in [0.05, 0.1) is 6.33 Å². The van der Waals surface area contributed by atoms with Crippen LogP contribution in [-0.2, 0) is 18.3 Å². The highest BCUT2D eigenvalue weighted by Crippen LogP contribution is 2.16. The van der Waals surface area contributed by atoms with E-state index in [-0.39, 0.29) is 11.7 Å². The van der Waals surface area contributed by atoms with Crippen molar-refractivity contribution < 1.29 is 9.59 Å². The van der Waals surface area contributed by atoms with Crippen molar-refractivity contribution >= 4 is 17.4 Å². The third-order valence-corrected chi connectivity index (χ3v) is 3.41. The number of ketones is 1. The predicted octanol–water partition coefficient (Wildman–Crippen LogP) is 2.50. The molecule has 0 aliphatic heterocycles. The van der Waals surface area contributed by atoms with Crippen LogP contribution < -0.4 is 5.32 Å². The zero-order valence-electron chi connectivity index (χ0n) is 12.5. The summed E-state index contributed by atoms with van der Waals surface area (Å²) in [7, 11) is 1.91. The van der Waals surface area contributed by atoms with Gasteiger partial charge in [0.25, 0.3) is 0 Å². The summed E-state index contributed by atoms with van der Waals surface area (Å²) in [6.45, 7) is 3.40. The Morgan fingerprint density at radius 2 is 2.10 bits per heavy atom. The molecule has 1 aromatic heterocycles. The Bertz CT molecular complexity index is 674. The molecule has 0 unspecified atom stereocenters. The number of carbonyl (C=O) groups excluding carboxylic acids is 2. The van der Waals surface area contributed by atoms with Crippen molar-refractivity contribution in [3.8, 4) is 0 Å². The number of imidazole rings is 1. The van der Waals surface area contributed by atoms with Crippen LogP contribution in [0.1, 0.15) is 35.0 Å². The third-order valence-electron chi connectivity index (χ3n) is 3.41. The van der Waals surface area contributed by atoms with E-state index in [1.54, 1.807) is 24.7 Å². The molecular formula is C16H19N3O2. The molecule has 2 aromatic rings. The SMILES string of the molecule is CC(=O)c1ccc(NC(=O)CCc2cncn2C)cc1C. The standard InChI is InChI=1S/C16H19N3O2/c1-11-8-13(4-6-15(11)12(2)20)18-16(21)7-5-14-9-17-10-19(14)3/h4,6,8-10H,5,7H2,1-3H3,(H,18,21). The topological polar surface area (TPSA) is 64.0 Å². The van der Waals surface area contributed by atoms with Gasteiger partial charge >= 0.3 is 0 Å². The van der Waals surface area contributed by atoms with Gasteiger partial charge in [-0.2, -0.15) is 0 Å². The molecule has 1 amide bonds. The van der Waals surface area contributed by atoms with Gasteiger partial charge in [0.15, 0.2) is 5.78 Å². The number of aryl methyl sites for hydroxylation is 3. The maximum Gasteiger partial charge on any atom is 0.224 e. The quantitative estimate of drug-likeness (QED) is 0.858. The second-order valence-corrected chi connectivity index (χ2v) is 5.13. The molecule has 0 atom stereocenters. The number of nitrogens with zero attached hydrogens (tertiary/aromatic N) is 2. The first kappa shape index (κ1) is 15.0. The highest BCUT2D eigenvalue weighted by atomic mass is 16.1. The molecule has 0 aliphatic rings. The van der Waals surface area contributed by atoms with E-state index in [0.717, 1.165) is 11.3 Å². The first-order valence-corrected chi connectivity index (χ1v) is 6.84. The zero-order valence-corrected chi connectivity index (χ0v) is 12.5. The smallest absolute Gasteiger partial charge is 0.224 e. The largest absolute Gasteiger partial charge is 0.338 e. The fraction of sp³-hybridized carbons (Fsp3) is 0.312. The van der Waals surface area contributed by atoms with Crippen LogP contribution in [0.5, 0.6) is 0 Å². The van der Waals surface area contributed by atoms with Crippen LogP contribution in [0.2, 0.25) is 0 Å². The molecule has 0 aliphatic carbocycles. The molecule has 1 aromatic carbocycles. The van der Waals surface area contributed by atoms with Gasteiger partial charge in [0.2, 0.25) is 5.91 Å². The van der Waals surface area contributed by atoms with Gasteiger partial charge in [-0.1, -0.05) is 0 Å². The molecule has 0 fully saturated rings. The summed E-state index contributed by atoms with van der Waals surface area (Å²) < 4.78 is 1.90. The summed E-state index contributed by atoms with van der Waals surface area (Å²) in [5.74, 6) is -0.0206. The summed E-state index contributed by atoms with van der Waals surface area (Å²) in [4.78, 5) is 27.3. The molecule has 21 heavy (non-hydrogen) atoms. The molecule has 0 radical (unpaired) electrons. The van der Waals surface area contributed by atoms with Crippen LogP contribution in [0.4, 0.5) is 5.69 Å². The van der Waals surface area contributed by atoms with E-state index < -0.39 is 0 Å². The number of hydrogen-bond donors (Lipinski definition) is 1. The Hall–Kier alpha value is -2.43. The van der Waals surface area contributed by atoms with Crippen LogP contribution in [0.3, 0.4) is 0 Å². The van der Waals surface area contributed by atoms with Crippen LogP contribution in [-0.4, -0.2) is 21.2 Å². The fourth-order valence-corrected chi connectivity index (χ4v) is 2.23. The van der Waals surface area contributed by atoms with Crippen molar-refractivity contribution in [3.05, 3.63) is 47.5 Å². The lowest BCUT2D eigenvalue weighted by molar-refractivity contribution is -0.116. The maximum absolute atomic E-state index is 11.9. The summed E-state index contributed by atoms with van der Waals surface area (Å²) in [6.07, 6.45) is 4.52. The number of amides is 1. The second kappa shape index (κ2) is 6.35. The lowest BCUT2D eigenvalue weighted by Gasteiger charge is -2.08. The number of carbonyl (C=O) groups is 2. The number of benzene rings is 1. The number of nitrogens with one attached hydrogen (secondary N) is 1. The molecular weight excluding hydrogens is 266 g/mol. The van der Waals surface area contributed by atoms with Crippen LogP contribution in [0.25, 0.3) is 0 Å². The van der Waals surface area contributed by atoms with Gasteiger partial charge in [-0.05, 0) is 44.0 Å². The first-order chi connectivity index (χ1) is 9.97. The van der Waals surface area contributed by atoms with Crippen LogP contribution in [0.15, 0.2) is 30.7 Å². The highest BCUT2D eigenvalue weighted by Gasteiger charge is 2.08. The average molecular weight is 285 g/mol. The number of hydrogen-bond acceptors (Lipinski definition) is 3. The summed E-state index contributed by atoms with van der Waals surface area (Å²) >= 11 is 0. The van der Waals surface area contributed by atoms with Gasteiger partial charge in [0, 0.05) is 36.6 Å². The number of rotatable bonds is 5. The van der Waals surface area contributed by atoms with E-state index in [1.807, 2.05) is 24.6 Å². The van der Waals surface area contributed by atoms with Crippen molar-refractivity contribution in [2.24, 2.45) is 7.05 Å². The van der Waals surface area contributed by atoms with Crippen molar-refractivity contribution in [1.29, 1.82) is 0 Å². The molecule has 110 valence electrons. The minimum Gasteiger partial charge on any atom is -0.338 e. The summed E-state index contributed by atoms with van der Waals surface area (Å²) in [6, 6.07) is 5.32. The van der Waals surface area contributed by atoms with E-state index in [4.69, 9.17) is 0 Å². The van der Waals surface area contributed by atoms with E-state index in [0.29, 0.717) is 24.1 Å². The molecule has 1 N–H and O–H groups in total. The molecule has 0 saturated carbocycles. The molecule has 1 heterocycles. The van der Waals surface area contributed by atoms with E-state index in [1.165, 1.54) is 6.92 Å². The maximum atomic E-state index is 11.9. The molecule has 5 heteroatoms. The molecule has 5 nitrogen and oxygen atoms in total. The molecule has 0 spiro atoms. The number of Topliss-reactive ketones (excluding diaryl/α,β-unsaturated/α-hetero) is 1. The van der Waals surface area contributed by atoms with Crippen molar-refractivity contribution in [3.63, 3.8) is 0 Å². The van der Waals surface area contributed by atoms with Gasteiger partial charge in [0.1, 0.15) is 0 Å². The van der Waals surface area contributed by atoms with Gasteiger partial charge in [-0.25, -0.2) is 4.98 Å². The fourth-order valence-electron chi connectivity index (χ4n) is 2.23. The minimum absolute atomic E-state index is 0.0292. The Labute approximate surface area is 124 Å². The van der Waals surface area contributed by atoms with E-state index in [9.17, 15) is 9.59 Å². The van der Waals surface area contributed by atoms with Crippen molar-refractivity contribution in [2.45, 2.75) is 26.7 Å². The van der Waals surface area contributed by atoms with Gasteiger partial charge < -0.3 is 9.88 Å². The first-order valence-electron chi connectivity index (χ1n) is 6.84. The average Bonchev–Trinajstić information content (AvgIpc) is 2.81. The normalized spacial score (nSPS) is 10.4. The summed E-state index contributed by atoms with van der Waals surface area (Å²) in [5.41, 5.74) is 3.29. The van der Waals surface area contributed by atoms with Crippen LogP contribution in [0, 0.1) is 6.92 Å². The van der Waals surface area contributed by atoms with Crippen molar-refractivity contribution in [1.82, 2.24) is 9.55 Å². The Morgan fingerprint density at radius 1 is 1.33 bits per heavy atom. The Kier molecular flexibility index (Phi) is 4.52. The summed E-state index contributed by atoms with van der Waals surface area (Å²) in [5, 5.41) is 2.85. The molecule has 0 bridgehead atoms. The Balaban J connectivity index is 1.95. The third kappa shape index (κ3) is 3.78. The number of aromatic nitrogens is 2. The highest BCUT2D eigenvalue weighted by molar-refractivity contribution is 5.97. The van der Waals surface area contributed by atoms with Crippen LogP contribution >= 0.6 is 0 Å². The van der Waals surface area contributed by atoms with E-state index >= 15 is 0 Å². The van der Waals surface area contributed by atoms with Gasteiger partial charge in [-0.15, -0.1) is 0 Å². The lowest BCUT2D eigenvalue weighted by Crippen LogP contribution is -2.13. The zero-order chi connectivity index (χ0) is 15.4. The predicted molar refractivity (Wildman–Crippen MR) is 81.3 cm³/mol. The number of anilines is 1. The monoisotopic (exact) mass is 285 g/mol. The minimum atomic E-state index is -0.0498. The molecule has 2 rings (SSSR count). The lowest BCUT2D eigenvalue weighted by atomic mass is 10.0. The molecule has 0 saturated heterocycles. The van der Waals surface area contributed by atoms with Crippen molar-refractivity contribution in [2.75, 3.05) is 5.32 Å². The van der Waals surface area contributed by atoms with E-state index in [2.05, 4.69) is 10.3 Å². The second-order valence-electron chi connectivity index (χ2n) is 5.13.